The van der Waals surface area contributed by atoms with Crippen LogP contribution in [-0.2, 0) is 6.42 Å². The van der Waals surface area contributed by atoms with Crippen LogP contribution in [0.3, 0.4) is 0 Å². The molecular formula is C22H26. The molecule has 2 aromatic carbocycles. The minimum Gasteiger partial charge on any atom is -0.0839 e. The first-order valence-electron chi connectivity index (χ1n) is 8.34. The number of rotatable bonds is 8. The zero-order valence-corrected chi connectivity index (χ0v) is 13.5. The Balaban J connectivity index is 1.94. The summed E-state index contributed by atoms with van der Waals surface area (Å²) in [5, 5.41) is 0. The van der Waals surface area contributed by atoms with Gasteiger partial charge in [0.2, 0.25) is 0 Å². The van der Waals surface area contributed by atoms with Crippen molar-refractivity contribution in [2.45, 2.75) is 39.0 Å². The highest BCUT2D eigenvalue weighted by molar-refractivity contribution is 5.55. The average Bonchev–Trinajstić information content (AvgIpc) is 2.58. The molecular weight excluding hydrogens is 264 g/mol. The van der Waals surface area contributed by atoms with E-state index in [-0.39, 0.29) is 0 Å². The minimum atomic E-state index is 1.10. The Morgan fingerprint density at radius 3 is 2.27 bits per heavy atom. The summed E-state index contributed by atoms with van der Waals surface area (Å²) in [6, 6.07) is 21.3. The van der Waals surface area contributed by atoms with Crippen molar-refractivity contribution >= 4 is 6.08 Å². The molecule has 0 spiro atoms. The van der Waals surface area contributed by atoms with Crippen LogP contribution < -0.4 is 0 Å². The maximum absolute atomic E-state index is 2.32. The van der Waals surface area contributed by atoms with Gasteiger partial charge in [0.25, 0.3) is 0 Å². The van der Waals surface area contributed by atoms with Crippen LogP contribution in [0.5, 0.6) is 0 Å². The predicted octanol–water partition coefficient (Wildman–Crippen LogP) is 6.45. The third kappa shape index (κ3) is 6.13. The Morgan fingerprint density at radius 2 is 1.59 bits per heavy atom. The summed E-state index contributed by atoms with van der Waals surface area (Å²) in [7, 11) is 0. The van der Waals surface area contributed by atoms with Crippen molar-refractivity contribution in [3.05, 3.63) is 89.5 Å². The lowest BCUT2D eigenvalue weighted by molar-refractivity contribution is 0.799. The van der Waals surface area contributed by atoms with E-state index in [1.54, 1.807) is 0 Å². The molecule has 0 bridgehead atoms. The first-order chi connectivity index (χ1) is 10.9. The third-order valence-electron chi connectivity index (χ3n) is 3.75. The number of aryl methyl sites for hydroxylation is 1. The molecule has 0 aromatic heterocycles. The van der Waals surface area contributed by atoms with Crippen LogP contribution >= 0.6 is 0 Å². The molecule has 2 rings (SSSR count). The number of benzene rings is 2. The molecule has 22 heavy (non-hydrogen) atoms. The second kappa shape index (κ2) is 9.78. The summed E-state index contributed by atoms with van der Waals surface area (Å²) in [4.78, 5) is 0. The van der Waals surface area contributed by atoms with Gasteiger partial charge >= 0.3 is 0 Å². The van der Waals surface area contributed by atoms with Gasteiger partial charge in [-0.05, 0) is 42.4 Å². The SMILES string of the molecule is CCCCC(/C=C/CCc1ccccc1)=C\c1ccccc1. The second-order valence-corrected chi connectivity index (χ2v) is 5.66. The van der Waals surface area contributed by atoms with Gasteiger partial charge in [-0.15, -0.1) is 0 Å². The largest absolute Gasteiger partial charge is 0.0839 e. The van der Waals surface area contributed by atoms with Gasteiger partial charge in [0.15, 0.2) is 0 Å². The van der Waals surface area contributed by atoms with Crippen molar-refractivity contribution < 1.29 is 0 Å². The van der Waals surface area contributed by atoms with Crippen LogP contribution in [-0.4, -0.2) is 0 Å². The van der Waals surface area contributed by atoms with Crippen LogP contribution in [0.25, 0.3) is 6.08 Å². The van der Waals surface area contributed by atoms with Crippen LogP contribution in [0.1, 0.15) is 43.7 Å². The van der Waals surface area contributed by atoms with Crippen molar-refractivity contribution in [3.8, 4) is 0 Å². The first kappa shape index (κ1) is 16.3. The van der Waals surface area contributed by atoms with Gasteiger partial charge in [-0.3, -0.25) is 0 Å². The molecule has 114 valence electrons. The lowest BCUT2D eigenvalue weighted by Crippen LogP contribution is -1.84. The van der Waals surface area contributed by atoms with E-state index in [0.717, 1.165) is 19.3 Å². The Bertz CT molecular complexity index is 576. The summed E-state index contributed by atoms with van der Waals surface area (Å²) >= 11 is 0. The van der Waals surface area contributed by atoms with Gasteiger partial charge in [0.1, 0.15) is 0 Å². The van der Waals surface area contributed by atoms with E-state index < -0.39 is 0 Å². The van der Waals surface area contributed by atoms with E-state index >= 15 is 0 Å². The van der Waals surface area contributed by atoms with E-state index in [1.165, 1.54) is 29.5 Å². The number of unbranched alkanes of at least 4 members (excludes halogenated alkanes) is 1. The third-order valence-corrected chi connectivity index (χ3v) is 3.75. The normalized spacial score (nSPS) is 12.0. The van der Waals surface area contributed by atoms with E-state index in [4.69, 9.17) is 0 Å². The second-order valence-electron chi connectivity index (χ2n) is 5.66. The van der Waals surface area contributed by atoms with Gasteiger partial charge in [-0.2, -0.15) is 0 Å². The molecule has 2 aromatic rings. The van der Waals surface area contributed by atoms with E-state index in [0.29, 0.717) is 0 Å². The zero-order chi connectivity index (χ0) is 15.5. The van der Waals surface area contributed by atoms with Crippen molar-refractivity contribution in [1.29, 1.82) is 0 Å². The molecule has 0 saturated carbocycles. The molecule has 0 aliphatic rings. The van der Waals surface area contributed by atoms with Crippen LogP contribution in [0, 0.1) is 0 Å². The summed E-state index contributed by atoms with van der Waals surface area (Å²) in [6.45, 7) is 2.25. The van der Waals surface area contributed by atoms with Crippen LogP contribution in [0.15, 0.2) is 78.4 Å². The Hall–Kier alpha value is -2.08. The molecule has 0 atom stereocenters. The Morgan fingerprint density at radius 1 is 0.909 bits per heavy atom. The highest BCUT2D eigenvalue weighted by Crippen LogP contribution is 2.15. The fraction of sp³-hybridized carbons (Fsp3) is 0.273. The zero-order valence-electron chi connectivity index (χ0n) is 13.5. The van der Waals surface area contributed by atoms with Gasteiger partial charge < -0.3 is 0 Å². The summed E-state index contributed by atoms with van der Waals surface area (Å²) in [6.07, 6.45) is 12.8. The van der Waals surface area contributed by atoms with Gasteiger partial charge in [0, 0.05) is 0 Å². The fourth-order valence-electron chi connectivity index (χ4n) is 2.48. The predicted molar refractivity (Wildman–Crippen MR) is 97.8 cm³/mol. The maximum Gasteiger partial charge on any atom is -0.0244 e. The van der Waals surface area contributed by atoms with Crippen molar-refractivity contribution in [2.75, 3.05) is 0 Å². The highest BCUT2D eigenvalue weighted by atomic mass is 14.0. The summed E-state index contributed by atoms with van der Waals surface area (Å²) < 4.78 is 0. The van der Waals surface area contributed by atoms with E-state index in [2.05, 4.69) is 85.8 Å². The fourth-order valence-corrected chi connectivity index (χ4v) is 2.48. The Labute approximate surface area is 135 Å². The summed E-state index contributed by atoms with van der Waals surface area (Å²) in [5.41, 5.74) is 4.14. The lowest BCUT2D eigenvalue weighted by atomic mass is 10.0. The summed E-state index contributed by atoms with van der Waals surface area (Å²) in [5.74, 6) is 0. The molecule has 0 amide bonds. The number of allylic oxidation sites excluding steroid dienone is 3. The number of hydrogen-bond acceptors (Lipinski definition) is 0. The molecule has 0 heteroatoms. The molecule has 0 radical (unpaired) electrons. The molecule has 0 nitrogen and oxygen atoms in total. The van der Waals surface area contributed by atoms with Crippen molar-refractivity contribution in [2.24, 2.45) is 0 Å². The lowest BCUT2D eigenvalue weighted by Gasteiger charge is -2.03. The molecule has 0 saturated heterocycles. The Kier molecular flexibility index (Phi) is 7.25. The quantitative estimate of drug-likeness (QED) is 0.490. The smallest absolute Gasteiger partial charge is 0.0244 e. The van der Waals surface area contributed by atoms with Crippen molar-refractivity contribution in [1.82, 2.24) is 0 Å². The van der Waals surface area contributed by atoms with Gasteiger partial charge in [0.05, 0.1) is 0 Å². The molecule has 0 fully saturated rings. The maximum atomic E-state index is 2.32. The highest BCUT2D eigenvalue weighted by Gasteiger charge is 1.95. The molecule has 0 unspecified atom stereocenters. The molecule has 0 N–H and O–H groups in total. The molecule has 0 heterocycles. The minimum absolute atomic E-state index is 1.10. The van der Waals surface area contributed by atoms with Gasteiger partial charge in [-0.1, -0.05) is 92.2 Å². The van der Waals surface area contributed by atoms with Crippen LogP contribution in [0.4, 0.5) is 0 Å². The monoisotopic (exact) mass is 290 g/mol. The topological polar surface area (TPSA) is 0 Å². The molecule has 0 aliphatic carbocycles. The average molecular weight is 290 g/mol. The van der Waals surface area contributed by atoms with Crippen LogP contribution in [0.2, 0.25) is 0 Å². The standard InChI is InChI=1S/C22H26/c1-2-3-12-21(19-22-16-8-5-9-17-22)18-11-10-15-20-13-6-4-7-14-20/h4-9,11,13-14,16-19H,2-3,10,12,15H2,1H3/b18-11+,21-19+. The van der Waals surface area contributed by atoms with Crippen molar-refractivity contribution in [3.63, 3.8) is 0 Å². The van der Waals surface area contributed by atoms with E-state index in [9.17, 15) is 0 Å². The van der Waals surface area contributed by atoms with E-state index in [1.807, 2.05) is 0 Å². The first-order valence-corrected chi connectivity index (χ1v) is 8.34. The van der Waals surface area contributed by atoms with Gasteiger partial charge in [-0.25, -0.2) is 0 Å². The number of hydrogen-bond donors (Lipinski definition) is 0. The molecule has 0 aliphatic heterocycles.